The van der Waals surface area contributed by atoms with Crippen LogP contribution in [0.3, 0.4) is 0 Å². The van der Waals surface area contributed by atoms with E-state index in [0.29, 0.717) is 25.2 Å². The molecule has 0 amide bonds. The third-order valence-electron chi connectivity index (χ3n) is 2.72. The van der Waals surface area contributed by atoms with E-state index in [4.69, 9.17) is 5.73 Å². The van der Waals surface area contributed by atoms with Crippen molar-refractivity contribution in [3.8, 4) is 0 Å². The van der Waals surface area contributed by atoms with Crippen molar-refractivity contribution in [1.82, 2.24) is 4.31 Å². The van der Waals surface area contributed by atoms with Crippen molar-refractivity contribution in [2.45, 2.75) is 6.42 Å². The van der Waals surface area contributed by atoms with E-state index in [2.05, 4.69) is 4.72 Å². The van der Waals surface area contributed by atoms with Gasteiger partial charge in [0.2, 0.25) is 0 Å². The topological polar surface area (TPSA) is 78.7 Å². The average molecular weight is 286 g/mol. The minimum atomic E-state index is -3.50. The molecular formula is C12H22N4O2S. The van der Waals surface area contributed by atoms with Gasteiger partial charge < -0.3 is 10.6 Å². The van der Waals surface area contributed by atoms with Crippen LogP contribution in [-0.4, -0.2) is 47.0 Å². The molecule has 0 aromatic heterocycles. The van der Waals surface area contributed by atoms with Crippen LogP contribution in [0, 0.1) is 0 Å². The molecule has 0 fully saturated rings. The van der Waals surface area contributed by atoms with E-state index in [-0.39, 0.29) is 0 Å². The highest BCUT2D eigenvalue weighted by Crippen LogP contribution is 2.17. The molecular weight excluding hydrogens is 264 g/mol. The zero-order chi connectivity index (χ0) is 14.5. The fraction of sp³-hybridized carbons (Fsp3) is 0.500. The first-order valence-corrected chi connectivity index (χ1v) is 7.52. The quantitative estimate of drug-likeness (QED) is 0.773. The van der Waals surface area contributed by atoms with Gasteiger partial charge in [-0.25, -0.2) is 0 Å². The second-order valence-electron chi connectivity index (χ2n) is 4.51. The molecule has 108 valence electrons. The van der Waals surface area contributed by atoms with Gasteiger partial charge in [-0.1, -0.05) is 0 Å². The summed E-state index contributed by atoms with van der Waals surface area (Å²) in [6, 6.07) is 7.20. The molecule has 0 unspecified atom stereocenters. The Balaban J connectivity index is 2.72. The van der Waals surface area contributed by atoms with E-state index in [9.17, 15) is 8.42 Å². The summed E-state index contributed by atoms with van der Waals surface area (Å²) in [6.07, 6.45) is 0.636. The molecule has 0 heterocycles. The zero-order valence-electron chi connectivity index (χ0n) is 11.6. The lowest BCUT2D eigenvalue weighted by Crippen LogP contribution is -2.34. The van der Waals surface area contributed by atoms with Crippen LogP contribution in [0.25, 0.3) is 0 Å². The fourth-order valence-corrected chi connectivity index (χ4v) is 2.45. The normalized spacial score (nSPS) is 11.6. The van der Waals surface area contributed by atoms with E-state index < -0.39 is 10.2 Å². The maximum Gasteiger partial charge on any atom is 0.301 e. The van der Waals surface area contributed by atoms with E-state index in [1.807, 2.05) is 31.1 Å². The Morgan fingerprint density at radius 3 is 2.21 bits per heavy atom. The molecule has 0 spiro atoms. The number of hydrogen-bond donors (Lipinski definition) is 2. The number of nitrogens with one attached hydrogen (secondary N) is 1. The third kappa shape index (κ3) is 4.70. The summed E-state index contributed by atoms with van der Waals surface area (Å²) in [6.45, 7) is 0.874. The van der Waals surface area contributed by atoms with Gasteiger partial charge in [-0.2, -0.15) is 12.7 Å². The molecule has 6 nitrogen and oxygen atoms in total. The van der Waals surface area contributed by atoms with Gasteiger partial charge in [-0.05, 0) is 37.2 Å². The summed E-state index contributed by atoms with van der Waals surface area (Å²) in [4.78, 5) is 1.95. The van der Waals surface area contributed by atoms with E-state index >= 15 is 0 Å². The van der Waals surface area contributed by atoms with Gasteiger partial charge in [-0.3, -0.25) is 4.72 Å². The van der Waals surface area contributed by atoms with Gasteiger partial charge in [0.15, 0.2) is 0 Å². The molecule has 1 aromatic carbocycles. The van der Waals surface area contributed by atoms with Crippen molar-refractivity contribution in [2.75, 3.05) is 43.9 Å². The summed E-state index contributed by atoms with van der Waals surface area (Å²) < 4.78 is 27.8. The Morgan fingerprint density at radius 1 is 1.16 bits per heavy atom. The lowest BCUT2D eigenvalue weighted by Gasteiger charge is -2.18. The van der Waals surface area contributed by atoms with E-state index in [0.717, 1.165) is 5.69 Å². The van der Waals surface area contributed by atoms with E-state index in [1.165, 1.54) is 11.4 Å². The average Bonchev–Trinajstić information content (AvgIpc) is 2.36. The van der Waals surface area contributed by atoms with Crippen LogP contribution in [0.4, 0.5) is 11.4 Å². The van der Waals surface area contributed by atoms with Gasteiger partial charge in [0.1, 0.15) is 0 Å². The van der Waals surface area contributed by atoms with Crippen LogP contribution in [-0.2, 0) is 10.2 Å². The minimum Gasteiger partial charge on any atom is -0.378 e. The Kier molecular flexibility index (Phi) is 5.59. The Morgan fingerprint density at radius 2 is 1.74 bits per heavy atom. The molecule has 0 atom stereocenters. The van der Waals surface area contributed by atoms with Crippen LogP contribution >= 0.6 is 0 Å². The van der Waals surface area contributed by atoms with Crippen LogP contribution in [0.2, 0.25) is 0 Å². The second-order valence-corrected chi connectivity index (χ2v) is 6.29. The van der Waals surface area contributed by atoms with Crippen LogP contribution in [0.5, 0.6) is 0 Å². The highest BCUT2D eigenvalue weighted by Gasteiger charge is 2.16. The van der Waals surface area contributed by atoms with Crippen LogP contribution in [0.15, 0.2) is 24.3 Å². The first-order valence-electron chi connectivity index (χ1n) is 6.08. The van der Waals surface area contributed by atoms with Crippen molar-refractivity contribution >= 4 is 21.6 Å². The Hall–Kier alpha value is -1.31. The number of nitrogens with two attached hydrogens (primary N) is 1. The largest absolute Gasteiger partial charge is 0.378 e. The highest BCUT2D eigenvalue weighted by atomic mass is 32.2. The number of nitrogens with zero attached hydrogens (tertiary/aromatic N) is 2. The molecule has 0 radical (unpaired) electrons. The number of benzene rings is 1. The maximum atomic E-state index is 12.0. The summed E-state index contributed by atoms with van der Waals surface area (Å²) in [7, 11) is 1.89. The molecule has 0 saturated carbocycles. The molecule has 0 aliphatic heterocycles. The lowest BCUT2D eigenvalue weighted by atomic mass is 10.3. The Bertz CT molecular complexity index is 485. The molecule has 7 heteroatoms. The fourth-order valence-electron chi connectivity index (χ4n) is 1.49. The molecule has 1 aromatic rings. The number of anilines is 2. The highest BCUT2D eigenvalue weighted by molar-refractivity contribution is 7.90. The number of hydrogen-bond acceptors (Lipinski definition) is 4. The van der Waals surface area contributed by atoms with E-state index in [1.54, 1.807) is 12.1 Å². The lowest BCUT2D eigenvalue weighted by molar-refractivity contribution is 0.468. The SMILES string of the molecule is CN(C)c1ccc(NS(=O)(=O)N(C)CCCN)cc1. The molecule has 0 aliphatic rings. The standard InChI is InChI=1S/C12H22N4O2S/c1-15(2)12-7-5-11(6-8-12)14-19(17,18)16(3)10-4-9-13/h5-8,14H,4,9-10,13H2,1-3H3. The zero-order valence-corrected chi connectivity index (χ0v) is 12.4. The molecule has 3 N–H and O–H groups in total. The van der Waals surface area contributed by atoms with Crippen LogP contribution in [0.1, 0.15) is 6.42 Å². The molecule has 19 heavy (non-hydrogen) atoms. The van der Waals surface area contributed by atoms with Gasteiger partial charge in [-0.15, -0.1) is 0 Å². The van der Waals surface area contributed by atoms with Gasteiger partial charge in [0.05, 0.1) is 0 Å². The summed E-state index contributed by atoms with van der Waals surface area (Å²) in [5, 5.41) is 0. The maximum absolute atomic E-state index is 12.0. The van der Waals surface area contributed by atoms with Crippen molar-refractivity contribution < 1.29 is 8.42 Å². The second kappa shape index (κ2) is 6.74. The molecule has 1 rings (SSSR count). The van der Waals surface area contributed by atoms with Crippen molar-refractivity contribution in [2.24, 2.45) is 5.73 Å². The first-order chi connectivity index (χ1) is 8.86. The van der Waals surface area contributed by atoms with Crippen LogP contribution < -0.4 is 15.4 Å². The van der Waals surface area contributed by atoms with Gasteiger partial charge >= 0.3 is 10.2 Å². The predicted octanol–water partition coefficient (Wildman–Crippen LogP) is 0.690. The third-order valence-corrected chi connectivity index (χ3v) is 4.21. The number of rotatable bonds is 7. The van der Waals surface area contributed by atoms with Gasteiger partial charge in [0, 0.05) is 39.1 Å². The van der Waals surface area contributed by atoms with Crippen molar-refractivity contribution in [3.05, 3.63) is 24.3 Å². The minimum absolute atomic E-state index is 0.404. The smallest absolute Gasteiger partial charge is 0.301 e. The van der Waals surface area contributed by atoms with Crippen molar-refractivity contribution in [3.63, 3.8) is 0 Å². The monoisotopic (exact) mass is 286 g/mol. The van der Waals surface area contributed by atoms with Crippen molar-refractivity contribution in [1.29, 1.82) is 0 Å². The summed E-state index contributed by atoms with van der Waals surface area (Å²) in [5.41, 5.74) is 6.93. The predicted molar refractivity (Wildman–Crippen MR) is 79.6 cm³/mol. The molecule has 0 saturated heterocycles. The first kappa shape index (κ1) is 15.7. The summed E-state index contributed by atoms with van der Waals surface area (Å²) >= 11 is 0. The Labute approximate surface area is 115 Å². The summed E-state index contributed by atoms with van der Waals surface area (Å²) in [5.74, 6) is 0. The van der Waals surface area contributed by atoms with Gasteiger partial charge in [0.25, 0.3) is 0 Å². The molecule has 0 aliphatic carbocycles. The molecule has 0 bridgehead atoms.